The second-order valence-corrected chi connectivity index (χ2v) is 3.53. The molecule has 5 N–H and O–H groups in total. The van der Waals surface area contributed by atoms with E-state index in [-0.39, 0.29) is 12.2 Å². The number of hydrogen-bond acceptors (Lipinski definition) is 3. The third-order valence-corrected chi connectivity index (χ3v) is 2.40. The molecule has 1 aromatic carbocycles. The van der Waals surface area contributed by atoms with Gasteiger partial charge < -0.3 is 20.8 Å². The molecule has 0 aliphatic carbocycles. The smallest absolute Gasteiger partial charge is 0.323 e. The Labute approximate surface area is 91.9 Å². The Morgan fingerprint density at radius 1 is 1.44 bits per heavy atom. The number of aromatic amines is 2. The zero-order valence-corrected chi connectivity index (χ0v) is 8.60. The van der Waals surface area contributed by atoms with E-state index in [9.17, 15) is 9.90 Å². The molecule has 2 rings (SSSR count). The first-order valence-electron chi connectivity index (χ1n) is 4.97. The topological polar surface area (TPSA) is 94.9 Å². The third kappa shape index (κ3) is 2.05. The summed E-state index contributed by atoms with van der Waals surface area (Å²) < 4.78 is 0. The number of aliphatic hydroxyl groups is 1. The van der Waals surface area contributed by atoms with E-state index >= 15 is 0 Å². The molecule has 0 saturated carbocycles. The zero-order chi connectivity index (χ0) is 11.5. The number of aromatic nitrogens is 2. The van der Waals surface area contributed by atoms with Gasteiger partial charge in [-0.05, 0) is 17.2 Å². The van der Waals surface area contributed by atoms with Crippen LogP contribution in [0.3, 0.4) is 0 Å². The minimum Gasteiger partial charge on any atom is -0.387 e. The van der Waals surface area contributed by atoms with Crippen molar-refractivity contribution in [2.45, 2.75) is 6.10 Å². The van der Waals surface area contributed by atoms with Gasteiger partial charge in [-0.25, -0.2) is 4.79 Å². The van der Waals surface area contributed by atoms with Gasteiger partial charge in [0.2, 0.25) is 0 Å². The van der Waals surface area contributed by atoms with Crippen molar-refractivity contribution in [3.63, 3.8) is 0 Å². The van der Waals surface area contributed by atoms with Gasteiger partial charge >= 0.3 is 5.69 Å². The Morgan fingerprint density at radius 2 is 2.25 bits per heavy atom. The highest BCUT2D eigenvalue weighted by atomic mass is 16.3. The molecule has 84 valence electrons. The maximum absolute atomic E-state index is 11.0. The molecule has 2 aromatic rings. The largest absolute Gasteiger partial charge is 0.387 e. The van der Waals surface area contributed by atoms with E-state index < -0.39 is 6.10 Å². The predicted molar refractivity (Wildman–Crippen MR) is 60.9 cm³/mol. The van der Waals surface area contributed by atoms with Crippen molar-refractivity contribution in [2.24, 2.45) is 5.73 Å². The molecular formula is C11H13N3O2. The quantitative estimate of drug-likeness (QED) is 0.600. The fourth-order valence-corrected chi connectivity index (χ4v) is 1.54. The molecule has 0 radical (unpaired) electrons. The zero-order valence-electron chi connectivity index (χ0n) is 8.60. The number of nitrogens with two attached hydrogens (primary N) is 1. The minimum atomic E-state index is -0.675. The van der Waals surface area contributed by atoms with Gasteiger partial charge in [-0.2, -0.15) is 0 Å². The summed E-state index contributed by atoms with van der Waals surface area (Å²) in [6.07, 6.45) is 0.918. The normalized spacial score (nSPS) is 12.6. The van der Waals surface area contributed by atoms with Crippen LogP contribution in [0.15, 0.2) is 35.3 Å². The number of hydrogen-bond donors (Lipinski definition) is 4. The Bertz CT molecular complexity index is 530. The van der Waals surface area contributed by atoms with E-state index in [1.807, 2.05) is 12.1 Å². The standard InChI is InChI=1S/C11H13N3O2/c12-5-10(15)8-3-1-2-7(4-8)9-6-13-11(16)14-9/h1-4,6,10,15H,5,12H2,(H2,13,14,16). The lowest BCUT2D eigenvalue weighted by molar-refractivity contribution is 0.187. The molecule has 5 heteroatoms. The molecule has 0 bridgehead atoms. The molecule has 1 aromatic heterocycles. The Balaban J connectivity index is 2.39. The van der Waals surface area contributed by atoms with Crippen LogP contribution >= 0.6 is 0 Å². The first kappa shape index (κ1) is 10.7. The van der Waals surface area contributed by atoms with Crippen molar-refractivity contribution in [1.82, 2.24) is 9.97 Å². The van der Waals surface area contributed by atoms with Gasteiger partial charge in [0.1, 0.15) is 0 Å². The molecule has 16 heavy (non-hydrogen) atoms. The third-order valence-electron chi connectivity index (χ3n) is 2.40. The number of rotatable bonds is 3. The number of imidazole rings is 1. The SMILES string of the molecule is NCC(O)c1cccc(-c2c[nH]c(=O)[nH]2)c1. The van der Waals surface area contributed by atoms with E-state index in [2.05, 4.69) is 9.97 Å². The molecule has 5 nitrogen and oxygen atoms in total. The Kier molecular flexibility index (Phi) is 2.89. The lowest BCUT2D eigenvalue weighted by Crippen LogP contribution is -2.11. The van der Waals surface area contributed by atoms with Gasteiger partial charge in [-0.15, -0.1) is 0 Å². The summed E-state index contributed by atoms with van der Waals surface area (Å²) in [5.41, 5.74) is 7.40. The molecule has 1 heterocycles. The second kappa shape index (κ2) is 4.34. The lowest BCUT2D eigenvalue weighted by atomic mass is 10.0. The van der Waals surface area contributed by atoms with Crippen LogP contribution in [0.5, 0.6) is 0 Å². The van der Waals surface area contributed by atoms with Crippen molar-refractivity contribution >= 4 is 0 Å². The molecule has 0 saturated heterocycles. The van der Waals surface area contributed by atoms with Crippen LogP contribution < -0.4 is 11.4 Å². The molecule has 0 fully saturated rings. The van der Waals surface area contributed by atoms with Gasteiger partial charge in [0.25, 0.3) is 0 Å². The van der Waals surface area contributed by atoms with Crippen LogP contribution in [-0.4, -0.2) is 21.6 Å². The van der Waals surface area contributed by atoms with Crippen LogP contribution in [0.4, 0.5) is 0 Å². The van der Waals surface area contributed by atoms with Crippen molar-refractivity contribution in [3.05, 3.63) is 46.5 Å². The summed E-state index contributed by atoms with van der Waals surface area (Å²) >= 11 is 0. The van der Waals surface area contributed by atoms with E-state index in [0.29, 0.717) is 5.69 Å². The maximum atomic E-state index is 11.0. The molecule has 0 aliphatic rings. The number of nitrogens with one attached hydrogen (secondary N) is 2. The summed E-state index contributed by atoms with van der Waals surface area (Å²) in [7, 11) is 0. The van der Waals surface area contributed by atoms with Crippen molar-refractivity contribution in [1.29, 1.82) is 0 Å². The molecule has 0 spiro atoms. The predicted octanol–water partition coefficient (Wildman–Crippen LogP) is 0.362. The van der Waals surface area contributed by atoms with Crippen LogP contribution in [-0.2, 0) is 0 Å². The highest BCUT2D eigenvalue weighted by Gasteiger charge is 2.07. The van der Waals surface area contributed by atoms with Gasteiger partial charge in [-0.1, -0.05) is 18.2 Å². The Morgan fingerprint density at radius 3 is 2.88 bits per heavy atom. The van der Waals surface area contributed by atoms with Crippen LogP contribution in [0.1, 0.15) is 11.7 Å². The fraction of sp³-hybridized carbons (Fsp3) is 0.182. The van der Waals surface area contributed by atoms with Crippen molar-refractivity contribution in [3.8, 4) is 11.3 Å². The first-order valence-corrected chi connectivity index (χ1v) is 4.97. The van der Waals surface area contributed by atoms with Crippen LogP contribution in [0.25, 0.3) is 11.3 Å². The monoisotopic (exact) mass is 219 g/mol. The number of aliphatic hydroxyl groups excluding tert-OH is 1. The summed E-state index contributed by atoms with van der Waals surface area (Å²) in [4.78, 5) is 16.1. The number of H-pyrrole nitrogens is 2. The highest BCUT2D eigenvalue weighted by Crippen LogP contribution is 2.20. The fourth-order valence-electron chi connectivity index (χ4n) is 1.54. The van der Waals surface area contributed by atoms with E-state index in [1.165, 1.54) is 0 Å². The van der Waals surface area contributed by atoms with Crippen LogP contribution in [0.2, 0.25) is 0 Å². The molecule has 1 atom stereocenters. The highest BCUT2D eigenvalue weighted by molar-refractivity contribution is 5.59. The first-order chi connectivity index (χ1) is 7.70. The Hall–Kier alpha value is -1.85. The molecule has 0 amide bonds. The minimum absolute atomic E-state index is 0.174. The molecular weight excluding hydrogens is 206 g/mol. The molecule has 1 unspecified atom stereocenters. The average Bonchev–Trinajstić information content (AvgIpc) is 2.75. The summed E-state index contributed by atoms with van der Waals surface area (Å²) in [5, 5.41) is 9.60. The summed E-state index contributed by atoms with van der Waals surface area (Å²) in [5.74, 6) is 0. The average molecular weight is 219 g/mol. The summed E-state index contributed by atoms with van der Waals surface area (Å²) in [6.45, 7) is 0.174. The molecule has 0 aliphatic heterocycles. The van der Waals surface area contributed by atoms with E-state index in [1.54, 1.807) is 18.3 Å². The van der Waals surface area contributed by atoms with Crippen molar-refractivity contribution in [2.75, 3.05) is 6.54 Å². The second-order valence-electron chi connectivity index (χ2n) is 3.53. The van der Waals surface area contributed by atoms with Gasteiger partial charge in [-0.3, -0.25) is 0 Å². The summed E-state index contributed by atoms with van der Waals surface area (Å²) in [6, 6.07) is 7.27. The van der Waals surface area contributed by atoms with E-state index in [0.717, 1.165) is 11.1 Å². The van der Waals surface area contributed by atoms with Crippen molar-refractivity contribution < 1.29 is 5.11 Å². The van der Waals surface area contributed by atoms with Crippen LogP contribution in [0, 0.1) is 0 Å². The maximum Gasteiger partial charge on any atom is 0.323 e. The van der Waals surface area contributed by atoms with Gasteiger partial charge in [0.15, 0.2) is 0 Å². The van der Waals surface area contributed by atoms with Gasteiger partial charge in [0, 0.05) is 12.7 Å². The van der Waals surface area contributed by atoms with Gasteiger partial charge in [0.05, 0.1) is 11.8 Å². The van der Waals surface area contributed by atoms with E-state index in [4.69, 9.17) is 5.73 Å². The number of benzene rings is 1. The lowest BCUT2D eigenvalue weighted by Gasteiger charge is -2.08.